The average Bonchev–Trinajstić information content (AvgIpc) is 2.85. The Morgan fingerprint density at radius 1 is 0.886 bits per heavy atom. The van der Waals surface area contributed by atoms with E-state index >= 15 is 0 Å². The van der Waals surface area contributed by atoms with Gasteiger partial charge in [0.05, 0.1) is 14.2 Å². The zero-order valence-corrected chi connectivity index (χ0v) is 21.4. The summed E-state index contributed by atoms with van der Waals surface area (Å²) in [5.74, 6) is 1.77. The largest absolute Gasteiger partial charge is 0.493 e. The SMILES string of the molecule is COc1ccc(CN2CCN(c3ccc(OS(=O)(=O)c4ccc(C)cc4)cc3)C[C@H]2C)cc1OC. The van der Waals surface area contributed by atoms with Crippen molar-refractivity contribution in [2.24, 2.45) is 0 Å². The van der Waals surface area contributed by atoms with Crippen LogP contribution in [0.25, 0.3) is 0 Å². The van der Waals surface area contributed by atoms with E-state index in [0.717, 1.165) is 48.9 Å². The number of aryl methyl sites for hydroxylation is 1. The van der Waals surface area contributed by atoms with Gasteiger partial charge in [0.2, 0.25) is 0 Å². The number of methoxy groups -OCH3 is 2. The minimum atomic E-state index is -3.86. The monoisotopic (exact) mass is 496 g/mol. The molecule has 0 saturated carbocycles. The van der Waals surface area contributed by atoms with Gasteiger partial charge in [-0.3, -0.25) is 4.90 Å². The number of anilines is 1. The highest BCUT2D eigenvalue weighted by Crippen LogP contribution is 2.29. The van der Waals surface area contributed by atoms with Gasteiger partial charge in [0.1, 0.15) is 10.6 Å². The zero-order valence-electron chi connectivity index (χ0n) is 20.6. The van der Waals surface area contributed by atoms with Crippen LogP contribution in [0, 0.1) is 6.92 Å². The Kier molecular flexibility index (Phi) is 7.52. The number of nitrogens with zero attached hydrogens (tertiary/aromatic N) is 2. The van der Waals surface area contributed by atoms with Crippen LogP contribution in [-0.4, -0.2) is 53.2 Å². The smallest absolute Gasteiger partial charge is 0.339 e. The fraction of sp³-hybridized carbons (Fsp3) is 0.333. The molecule has 1 aliphatic heterocycles. The Morgan fingerprint density at radius 3 is 2.20 bits per heavy atom. The lowest BCUT2D eigenvalue weighted by Gasteiger charge is -2.41. The second-order valence-corrected chi connectivity index (χ2v) is 10.3. The van der Waals surface area contributed by atoms with E-state index < -0.39 is 10.1 Å². The minimum absolute atomic E-state index is 0.145. The lowest BCUT2D eigenvalue weighted by atomic mass is 10.1. The van der Waals surface area contributed by atoms with Crippen molar-refractivity contribution >= 4 is 15.8 Å². The molecule has 0 N–H and O–H groups in total. The number of hydrogen-bond donors (Lipinski definition) is 0. The molecule has 3 aromatic carbocycles. The van der Waals surface area contributed by atoms with Gasteiger partial charge in [-0.05, 0) is 67.9 Å². The van der Waals surface area contributed by atoms with E-state index in [1.54, 1.807) is 50.6 Å². The van der Waals surface area contributed by atoms with Gasteiger partial charge < -0.3 is 18.6 Å². The van der Waals surface area contributed by atoms with Crippen LogP contribution in [-0.2, 0) is 16.7 Å². The van der Waals surface area contributed by atoms with Gasteiger partial charge in [-0.25, -0.2) is 0 Å². The van der Waals surface area contributed by atoms with Crippen LogP contribution >= 0.6 is 0 Å². The van der Waals surface area contributed by atoms with Gasteiger partial charge >= 0.3 is 10.1 Å². The van der Waals surface area contributed by atoms with Crippen molar-refractivity contribution in [1.29, 1.82) is 0 Å². The van der Waals surface area contributed by atoms with Crippen molar-refractivity contribution in [2.45, 2.75) is 31.3 Å². The predicted octanol–water partition coefficient (Wildman–Crippen LogP) is 4.49. The Balaban J connectivity index is 1.37. The topological polar surface area (TPSA) is 68.3 Å². The molecule has 0 bridgehead atoms. The molecule has 1 saturated heterocycles. The maximum Gasteiger partial charge on any atom is 0.339 e. The standard InChI is InChI=1S/C27H32N2O5S/c1-20-5-12-25(13-6-20)35(30,31)34-24-10-8-23(9-11-24)29-16-15-28(21(2)18-29)19-22-7-14-26(32-3)27(17-22)33-4/h5-14,17,21H,15-16,18-19H2,1-4H3/t21-/m1/s1. The summed E-state index contributed by atoms with van der Waals surface area (Å²) in [6.07, 6.45) is 0. The second kappa shape index (κ2) is 10.6. The highest BCUT2D eigenvalue weighted by atomic mass is 32.2. The van der Waals surface area contributed by atoms with E-state index in [0.29, 0.717) is 11.8 Å². The number of piperazine rings is 1. The first-order valence-electron chi connectivity index (χ1n) is 11.6. The van der Waals surface area contributed by atoms with E-state index in [1.165, 1.54) is 5.56 Å². The molecule has 1 fully saturated rings. The third-order valence-electron chi connectivity index (χ3n) is 6.32. The molecule has 7 nitrogen and oxygen atoms in total. The molecule has 35 heavy (non-hydrogen) atoms. The molecule has 0 unspecified atom stereocenters. The Morgan fingerprint density at radius 2 is 1.57 bits per heavy atom. The van der Waals surface area contributed by atoms with Crippen molar-refractivity contribution in [2.75, 3.05) is 38.8 Å². The summed E-state index contributed by atoms with van der Waals surface area (Å²) in [5.41, 5.74) is 3.22. The molecule has 0 spiro atoms. The van der Waals surface area contributed by atoms with Crippen LogP contribution in [0.2, 0.25) is 0 Å². The highest BCUT2D eigenvalue weighted by Gasteiger charge is 2.24. The number of ether oxygens (including phenoxy) is 2. The summed E-state index contributed by atoms with van der Waals surface area (Å²) in [6, 6.07) is 20.3. The maximum atomic E-state index is 12.6. The maximum absolute atomic E-state index is 12.6. The van der Waals surface area contributed by atoms with Crippen LogP contribution in [0.5, 0.6) is 17.2 Å². The highest BCUT2D eigenvalue weighted by molar-refractivity contribution is 7.87. The fourth-order valence-corrected chi connectivity index (χ4v) is 5.20. The fourth-order valence-electron chi connectivity index (χ4n) is 4.27. The van der Waals surface area contributed by atoms with Crippen LogP contribution in [0.4, 0.5) is 5.69 Å². The Bertz CT molecular complexity index is 1240. The summed E-state index contributed by atoms with van der Waals surface area (Å²) >= 11 is 0. The van der Waals surface area contributed by atoms with Gasteiger partial charge in [0.15, 0.2) is 11.5 Å². The third kappa shape index (κ3) is 5.89. The molecule has 3 aromatic rings. The molecule has 186 valence electrons. The molecule has 0 aliphatic carbocycles. The van der Waals surface area contributed by atoms with Gasteiger partial charge in [-0.1, -0.05) is 23.8 Å². The van der Waals surface area contributed by atoms with Gasteiger partial charge in [-0.2, -0.15) is 8.42 Å². The molecule has 4 rings (SSSR count). The number of hydrogen-bond acceptors (Lipinski definition) is 7. The molecular formula is C27H32N2O5S. The van der Waals surface area contributed by atoms with E-state index in [4.69, 9.17) is 13.7 Å². The van der Waals surface area contributed by atoms with Gasteiger partial charge in [0, 0.05) is 37.9 Å². The lowest BCUT2D eigenvalue weighted by molar-refractivity contribution is 0.181. The molecule has 1 aliphatic rings. The number of benzene rings is 3. The molecular weight excluding hydrogens is 464 g/mol. The molecule has 0 radical (unpaired) electrons. The summed E-state index contributed by atoms with van der Waals surface area (Å²) in [6.45, 7) is 7.62. The first-order chi connectivity index (χ1) is 16.8. The second-order valence-electron chi connectivity index (χ2n) is 8.80. The summed E-state index contributed by atoms with van der Waals surface area (Å²) in [5, 5.41) is 0. The summed E-state index contributed by atoms with van der Waals surface area (Å²) in [4.78, 5) is 4.91. The van der Waals surface area contributed by atoms with Crippen molar-refractivity contribution in [1.82, 2.24) is 4.90 Å². The first kappa shape index (κ1) is 24.9. The average molecular weight is 497 g/mol. The van der Waals surface area contributed by atoms with Crippen LogP contribution in [0.1, 0.15) is 18.1 Å². The van der Waals surface area contributed by atoms with Gasteiger partial charge in [0.25, 0.3) is 0 Å². The first-order valence-corrected chi connectivity index (χ1v) is 13.0. The van der Waals surface area contributed by atoms with E-state index in [9.17, 15) is 8.42 Å². The van der Waals surface area contributed by atoms with E-state index in [1.807, 2.05) is 31.2 Å². The molecule has 0 amide bonds. The normalized spacial score (nSPS) is 16.7. The van der Waals surface area contributed by atoms with Gasteiger partial charge in [-0.15, -0.1) is 0 Å². The third-order valence-corrected chi connectivity index (χ3v) is 7.58. The van der Waals surface area contributed by atoms with Crippen LogP contribution in [0.3, 0.4) is 0 Å². The van der Waals surface area contributed by atoms with E-state index in [-0.39, 0.29) is 4.90 Å². The lowest BCUT2D eigenvalue weighted by Crippen LogP contribution is -2.51. The summed E-state index contributed by atoms with van der Waals surface area (Å²) in [7, 11) is -0.571. The predicted molar refractivity (Wildman–Crippen MR) is 137 cm³/mol. The molecule has 8 heteroatoms. The van der Waals surface area contributed by atoms with Crippen molar-refractivity contribution in [3.63, 3.8) is 0 Å². The minimum Gasteiger partial charge on any atom is -0.493 e. The van der Waals surface area contributed by atoms with Crippen LogP contribution in [0.15, 0.2) is 71.6 Å². The van der Waals surface area contributed by atoms with E-state index in [2.05, 4.69) is 22.8 Å². The Hall–Kier alpha value is -3.23. The molecule has 1 heterocycles. The van der Waals surface area contributed by atoms with Crippen molar-refractivity contribution < 1.29 is 22.1 Å². The Labute approximate surface area is 208 Å². The quantitative estimate of drug-likeness (QED) is 0.426. The van der Waals surface area contributed by atoms with Crippen molar-refractivity contribution in [3.05, 3.63) is 77.9 Å². The number of rotatable bonds is 8. The van der Waals surface area contributed by atoms with Crippen molar-refractivity contribution in [3.8, 4) is 17.2 Å². The summed E-state index contributed by atoms with van der Waals surface area (Å²) < 4.78 is 41.2. The van der Waals surface area contributed by atoms with Crippen LogP contribution < -0.4 is 18.6 Å². The molecule has 0 aromatic heterocycles. The molecule has 1 atom stereocenters. The zero-order chi connectivity index (χ0) is 25.0.